The molecule has 0 saturated carbocycles. The molecular weight excluding hydrogens is 266 g/mol. The summed E-state index contributed by atoms with van der Waals surface area (Å²) in [5.74, 6) is 0. The van der Waals surface area contributed by atoms with E-state index in [9.17, 15) is 4.79 Å². The van der Waals surface area contributed by atoms with Crippen molar-refractivity contribution in [2.45, 2.75) is 6.92 Å². The van der Waals surface area contributed by atoms with Crippen LogP contribution in [0.15, 0.2) is 59.4 Å². The van der Waals surface area contributed by atoms with Gasteiger partial charge in [-0.1, -0.05) is 71.5 Å². The number of hydrogen-bond acceptors (Lipinski definition) is 2. The molecule has 1 aromatic heterocycles. The van der Waals surface area contributed by atoms with Crippen LogP contribution in [-0.4, -0.2) is 4.57 Å². The maximum absolute atomic E-state index is 12.1. The van der Waals surface area contributed by atoms with Gasteiger partial charge in [-0.05, 0) is 18.1 Å². The van der Waals surface area contributed by atoms with Gasteiger partial charge in [-0.2, -0.15) is 0 Å². The lowest BCUT2D eigenvalue weighted by molar-refractivity contribution is 0.907. The summed E-state index contributed by atoms with van der Waals surface area (Å²) >= 11 is 1.30. The van der Waals surface area contributed by atoms with Crippen molar-refractivity contribution >= 4 is 11.3 Å². The van der Waals surface area contributed by atoms with Crippen molar-refractivity contribution in [3.8, 4) is 21.7 Å². The molecule has 0 N–H and O–H groups in total. The molecule has 0 aliphatic rings. The number of hydrogen-bond donors (Lipinski definition) is 0. The van der Waals surface area contributed by atoms with Gasteiger partial charge in [-0.15, -0.1) is 0 Å². The van der Waals surface area contributed by atoms with Gasteiger partial charge in [-0.25, -0.2) is 0 Å². The van der Waals surface area contributed by atoms with Crippen molar-refractivity contribution in [3.63, 3.8) is 0 Å². The van der Waals surface area contributed by atoms with E-state index in [0.717, 1.165) is 21.7 Å². The van der Waals surface area contributed by atoms with Gasteiger partial charge in [0.2, 0.25) is 0 Å². The molecule has 0 radical (unpaired) electrons. The summed E-state index contributed by atoms with van der Waals surface area (Å²) in [7, 11) is 1.83. The first-order valence-corrected chi connectivity index (χ1v) is 7.31. The fourth-order valence-electron chi connectivity index (χ4n) is 2.27. The van der Waals surface area contributed by atoms with Crippen LogP contribution in [0.25, 0.3) is 21.7 Å². The smallest absolute Gasteiger partial charge is 0.301 e. The molecule has 0 saturated heterocycles. The number of nitrogens with zero attached hydrogens (tertiary/aromatic N) is 1. The molecule has 3 aromatic rings. The van der Waals surface area contributed by atoms with Gasteiger partial charge < -0.3 is 4.57 Å². The van der Waals surface area contributed by atoms with E-state index in [-0.39, 0.29) is 4.87 Å². The highest BCUT2D eigenvalue weighted by molar-refractivity contribution is 7.13. The summed E-state index contributed by atoms with van der Waals surface area (Å²) < 4.78 is 1.73. The van der Waals surface area contributed by atoms with Gasteiger partial charge >= 0.3 is 4.87 Å². The first kappa shape index (κ1) is 12.9. The third-order valence-corrected chi connectivity index (χ3v) is 4.46. The van der Waals surface area contributed by atoms with Crippen LogP contribution >= 0.6 is 11.3 Å². The first-order chi connectivity index (χ1) is 9.66. The van der Waals surface area contributed by atoms with E-state index in [1.54, 1.807) is 4.57 Å². The molecule has 3 heteroatoms. The maximum atomic E-state index is 12.1. The van der Waals surface area contributed by atoms with E-state index in [4.69, 9.17) is 0 Å². The number of benzene rings is 2. The molecular formula is C17H15NOS. The van der Waals surface area contributed by atoms with Gasteiger partial charge in [0.05, 0.1) is 10.6 Å². The van der Waals surface area contributed by atoms with Crippen LogP contribution in [0.2, 0.25) is 0 Å². The summed E-state index contributed by atoms with van der Waals surface area (Å²) in [5, 5.41) is 0. The second-order valence-electron chi connectivity index (χ2n) is 4.84. The van der Waals surface area contributed by atoms with Crippen LogP contribution in [0.1, 0.15) is 5.56 Å². The lowest BCUT2D eigenvalue weighted by Crippen LogP contribution is -2.08. The van der Waals surface area contributed by atoms with E-state index in [0.29, 0.717) is 0 Å². The van der Waals surface area contributed by atoms with E-state index in [2.05, 4.69) is 31.2 Å². The predicted molar refractivity (Wildman–Crippen MR) is 85.2 cm³/mol. The van der Waals surface area contributed by atoms with Crippen molar-refractivity contribution in [3.05, 3.63) is 69.8 Å². The molecule has 3 rings (SSSR count). The zero-order chi connectivity index (χ0) is 14.1. The van der Waals surface area contributed by atoms with Crippen molar-refractivity contribution in [2.75, 3.05) is 0 Å². The number of rotatable bonds is 2. The molecule has 0 aliphatic carbocycles. The normalized spacial score (nSPS) is 10.7. The first-order valence-electron chi connectivity index (χ1n) is 6.49. The van der Waals surface area contributed by atoms with Crippen LogP contribution in [0, 0.1) is 6.92 Å². The zero-order valence-corrected chi connectivity index (χ0v) is 12.3. The van der Waals surface area contributed by atoms with Gasteiger partial charge in [0.1, 0.15) is 0 Å². The van der Waals surface area contributed by atoms with Gasteiger partial charge in [0.25, 0.3) is 0 Å². The highest BCUT2D eigenvalue weighted by atomic mass is 32.1. The second-order valence-corrected chi connectivity index (χ2v) is 5.80. The van der Waals surface area contributed by atoms with Crippen LogP contribution in [-0.2, 0) is 7.05 Å². The van der Waals surface area contributed by atoms with Gasteiger partial charge in [0.15, 0.2) is 0 Å². The Morgan fingerprint density at radius 1 is 0.900 bits per heavy atom. The Kier molecular flexibility index (Phi) is 3.28. The summed E-state index contributed by atoms with van der Waals surface area (Å²) in [4.78, 5) is 13.2. The average Bonchev–Trinajstić information content (AvgIpc) is 2.77. The number of thiazole rings is 1. The zero-order valence-electron chi connectivity index (χ0n) is 11.5. The Morgan fingerprint density at radius 2 is 1.55 bits per heavy atom. The third kappa shape index (κ3) is 2.21. The molecule has 0 aliphatic heterocycles. The van der Waals surface area contributed by atoms with Crippen molar-refractivity contribution in [1.82, 2.24) is 4.57 Å². The quantitative estimate of drug-likeness (QED) is 0.693. The Hall–Kier alpha value is -2.13. The monoisotopic (exact) mass is 281 g/mol. The summed E-state index contributed by atoms with van der Waals surface area (Å²) in [6.07, 6.45) is 0. The predicted octanol–water partition coefficient (Wildman–Crippen LogP) is 4.09. The maximum Gasteiger partial charge on any atom is 0.307 e. The summed E-state index contributed by atoms with van der Waals surface area (Å²) in [5.41, 5.74) is 4.38. The lowest BCUT2D eigenvalue weighted by atomic mass is 10.1. The minimum atomic E-state index is 0.0689. The summed E-state index contributed by atoms with van der Waals surface area (Å²) in [6.45, 7) is 2.06. The largest absolute Gasteiger partial charge is 0.307 e. The van der Waals surface area contributed by atoms with Crippen molar-refractivity contribution in [1.29, 1.82) is 0 Å². The van der Waals surface area contributed by atoms with E-state index < -0.39 is 0 Å². The molecule has 20 heavy (non-hydrogen) atoms. The molecule has 100 valence electrons. The molecule has 0 spiro atoms. The molecule has 1 heterocycles. The molecule has 0 bridgehead atoms. The fraction of sp³-hybridized carbons (Fsp3) is 0.118. The molecule has 0 unspecified atom stereocenters. The van der Waals surface area contributed by atoms with Crippen LogP contribution < -0.4 is 4.87 Å². The minimum absolute atomic E-state index is 0.0689. The fourth-order valence-corrected chi connectivity index (χ4v) is 3.28. The van der Waals surface area contributed by atoms with E-state index in [1.165, 1.54) is 16.9 Å². The summed E-state index contributed by atoms with van der Waals surface area (Å²) in [6, 6.07) is 18.4. The Balaban J connectivity index is 2.25. The topological polar surface area (TPSA) is 22.0 Å². The molecule has 0 fully saturated rings. The van der Waals surface area contributed by atoms with Gasteiger partial charge in [-0.3, -0.25) is 4.79 Å². The van der Waals surface area contributed by atoms with Crippen molar-refractivity contribution in [2.24, 2.45) is 7.05 Å². The van der Waals surface area contributed by atoms with Crippen LogP contribution in [0.5, 0.6) is 0 Å². The lowest BCUT2D eigenvalue weighted by Gasteiger charge is -2.07. The SMILES string of the molecule is Cc1ccc(-c2c(-c3ccccc3)sc(=O)n2C)cc1. The van der Waals surface area contributed by atoms with E-state index >= 15 is 0 Å². The van der Waals surface area contributed by atoms with Crippen molar-refractivity contribution < 1.29 is 0 Å². The standard InChI is InChI=1S/C17H15NOS/c1-12-8-10-13(11-9-12)15-16(20-17(19)18(15)2)14-6-4-3-5-7-14/h3-11H,1-2H3. The van der Waals surface area contributed by atoms with Crippen LogP contribution in [0.3, 0.4) is 0 Å². The third-order valence-electron chi connectivity index (χ3n) is 3.37. The Bertz CT molecular complexity index is 782. The van der Waals surface area contributed by atoms with E-state index in [1.807, 2.05) is 37.4 Å². The molecule has 2 aromatic carbocycles. The Labute approximate surface area is 122 Å². The number of aromatic nitrogens is 1. The average molecular weight is 281 g/mol. The minimum Gasteiger partial charge on any atom is -0.301 e. The Morgan fingerprint density at radius 3 is 2.20 bits per heavy atom. The highest BCUT2D eigenvalue weighted by Gasteiger charge is 2.15. The molecule has 0 atom stereocenters. The molecule has 2 nitrogen and oxygen atoms in total. The van der Waals surface area contributed by atoms with Gasteiger partial charge in [0, 0.05) is 7.05 Å². The highest BCUT2D eigenvalue weighted by Crippen LogP contribution is 2.34. The second kappa shape index (κ2) is 5.10. The number of aryl methyl sites for hydroxylation is 1. The molecule has 0 amide bonds. The van der Waals surface area contributed by atoms with Crippen LogP contribution in [0.4, 0.5) is 0 Å².